The Morgan fingerprint density at radius 1 is 1.21 bits per heavy atom. The second-order valence-corrected chi connectivity index (χ2v) is 5.19. The Labute approximate surface area is 83.9 Å². The summed E-state index contributed by atoms with van der Waals surface area (Å²) in [6, 6.07) is 0. The number of fused-ring (bicyclic) bond motifs is 2. The summed E-state index contributed by atoms with van der Waals surface area (Å²) >= 11 is 0. The molecule has 0 aromatic rings. The van der Waals surface area contributed by atoms with Crippen molar-refractivity contribution in [2.75, 3.05) is 0 Å². The maximum atomic E-state index is 11.9. The van der Waals surface area contributed by atoms with Gasteiger partial charge in [0, 0.05) is 5.92 Å². The van der Waals surface area contributed by atoms with E-state index in [1.54, 1.807) is 0 Å². The summed E-state index contributed by atoms with van der Waals surface area (Å²) in [5, 5.41) is 13.1. The van der Waals surface area contributed by atoms with E-state index in [0.717, 1.165) is 44.9 Å². The molecule has 3 fully saturated rings. The fourth-order valence-corrected chi connectivity index (χ4v) is 3.93. The van der Waals surface area contributed by atoms with Gasteiger partial charge in [-0.2, -0.15) is 0 Å². The summed E-state index contributed by atoms with van der Waals surface area (Å²) in [4.78, 5) is 11.9. The SMILES string of the molecule is O=C1N[C@@]2(O)CCC[C@H]2C12CCCC2. The predicted octanol–water partition coefficient (Wildman–Crippen LogP) is 1.17. The molecule has 0 radical (unpaired) electrons. The van der Waals surface area contributed by atoms with Crippen molar-refractivity contribution < 1.29 is 9.90 Å². The van der Waals surface area contributed by atoms with E-state index in [1.165, 1.54) is 0 Å². The van der Waals surface area contributed by atoms with E-state index in [2.05, 4.69) is 5.32 Å². The molecule has 2 aliphatic carbocycles. The third kappa shape index (κ3) is 0.842. The zero-order valence-corrected chi connectivity index (χ0v) is 8.38. The monoisotopic (exact) mass is 195 g/mol. The first-order valence-electron chi connectivity index (χ1n) is 5.72. The second kappa shape index (κ2) is 2.51. The molecule has 3 nitrogen and oxygen atoms in total. The number of carbonyl (C=O) groups excluding carboxylic acids is 1. The lowest BCUT2D eigenvalue weighted by Gasteiger charge is -2.29. The lowest BCUT2D eigenvalue weighted by Crippen LogP contribution is -2.42. The number of rotatable bonds is 0. The molecule has 0 aromatic carbocycles. The Morgan fingerprint density at radius 2 is 1.93 bits per heavy atom. The van der Waals surface area contributed by atoms with Crippen LogP contribution in [0.25, 0.3) is 0 Å². The molecule has 78 valence electrons. The van der Waals surface area contributed by atoms with Gasteiger partial charge < -0.3 is 10.4 Å². The molecular formula is C11H17NO2. The Hall–Kier alpha value is -0.570. The topological polar surface area (TPSA) is 49.3 Å². The number of hydrogen-bond donors (Lipinski definition) is 2. The molecule has 14 heavy (non-hydrogen) atoms. The van der Waals surface area contributed by atoms with Crippen molar-refractivity contribution in [1.82, 2.24) is 5.32 Å². The molecule has 0 unspecified atom stereocenters. The van der Waals surface area contributed by atoms with E-state index in [4.69, 9.17) is 0 Å². The largest absolute Gasteiger partial charge is 0.371 e. The van der Waals surface area contributed by atoms with E-state index < -0.39 is 5.72 Å². The highest BCUT2D eigenvalue weighted by atomic mass is 16.3. The highest BCUT2D eigenvalue weighted by molar-refractivity contribution is 5.87. The molecule has 2 atom stereocenters. The minimum atomic E-state index is -0.846. The van der Waals surface area contributed by atoms with Gasteiger partial charge in [-0.05, 0) is 32.1 Å². The molecule has 1 saturated heterocycles. The average molecular weight is 195 g/mol. The third-order valence-corrected chi connectivity index (χ3v) is 4.57. The van der Waals surface area contributed by atoms with Gasteiger partial charge in [0.1, 0.15) is 5.72 Å². The molecule has 3 heteroatoms. The summed E-state index contributed by atoms with van der Waals surface area (Å²) in [7, 11) is 0. The first-order valence-corrected chi connectivity index (χ1v) is 5.72. The van der Waals surface area contributed by atoms with Gasteiger partial charge in [0.25, 0.3) is 0 Å². The van der Waals surface area contributed by atoms with Crippen molar-refractivity contribution >= 4 is 5.91 Å². The minimum Gasteiger partial charge on any atom is -0.371 e. The van der Waals surface area contributed by atoms with Crippen molar-refractivity contribution in [2.45, 2.75) is 50.7 Å². The van der Waals surface area contributed by atoms with Crippen molar-refractivity contribution in [2.24, 2.45) is 11.3 Å². The zero-order valence-electron chi connectivity index (χ0n) is 8.38. The van der Waals surface area contributed by atoms with Crippen LogP contribution in [0.3, 0.4) is 0 Å². The van der Waals surface area contributed by atoms with Crippen LogP contribution in [0.1, 0.15) is 44.9 Å². The van der Waals surface area contributed by atoms with Crippen LogP contribution in [0.15, 0.2) is 0 Å². The lowest BCUT2D eigenvalue weighted by molar-refractivity contribution is -0.129. The van der Waals surface area contributed by atoms with Crippen LogP contribution in [-0.2, 0) is 4.79 Å². The average Bonchev–Trinajstić information content (AvgIpc) is 2.74. The zero-order chi connectivity index (χ0) is 9.81. The van der Waals surface area contributed by atoms with Gasteiger partial charge in [-0.15, -0.1) is 0 Å². The van der Waals surface area contributed by atoms with Gasteiger partial charge in [-0.3, -0.25) is 4.79 Å². The van der Waals surface area contributed by atoms with Crippen LogP contribution in [0.2, 0.25) is 0 Å². The van der Waals surface area contributed by atoms with E-state index in [9.17, 15) is 9.90 Å². The van der Waals surface area contributed by atoms with Crippen LogP contribution < -0.4 is 5.32 Å². The van der Waals surface area contributed by atoms with Crippen molar-refractivity contribution in [3.63, 3.8) is 0 Å². The summed E-state index contributed by atoms with van der Waals surface area (Å²) in [6.07, 6.45) is 7.13. The lowest BCUT2D eigenvalue weighted by atomic mass is 9.73. The van der Waals surface area contributed by atoms with Crippen LogP contribution in [0, 0.1) is 11.3 Å². The summed E-state index contributed by atoms with van der Waals surface area (Å²) in [5.74, 6) is 0.326. The smallest absolute Gasteiger partial charge is 0.228 e. The standard InChI is InChI=1S/C11H17NO2/c13-9-10(5-1-2-6-10)8-4-3-7-11(8,14)12-9/h8,14H,1-7H2,(H,12,13)/t8-,11+/m0/s1. The van der Waals surface area contributed by atoms with Gasteiger partial charge >= 0.3 is 0 Å². The van der Waals surface area contributed by atoms with E-state index in [1.807, 2.05) is 0 Å². The Bertz CT molecular complexity index is 283. The molecule has 2 N–H and O–H groups in total. The van der Waals surface area contributed by atoms with E-state index >= 15 is 0 Å². The summed E-state index contributed by atoms with van der Waals surface area (Å²) < 4.78 is 0. The predicted molar refractivity (Wildman–Crippen MR) is 51.3 cm³/mol. The van der Waals surface area contributed by atoms with Crippen molar-refractivity contribution in [3.05, 3.63) is 0 Å². The Kier molecular flexibility index (Phi) is 1.56. The minimum absolute atomic E-state index is 0.127. The van der Waals surface area contributed by atoms with Gasteiger partial charge in [0.05, 0.1) is 5.41 Å². The van der Waals surface area contributed by atoms with E-state index in [0.29, 0.717) is 0 Å². The molecule has 1 aliphatic heterocycles. The fourth-order valence-electron chi connectivity index (χ4n) is 3.93. The third-order valence-electron chi connectivity index (χ3n) is 4.57. The summed E-state index contributed by atoms with van der Waals surface area (Å²) in [5.41, 5.74) is -1.04. The molecule has 3 aliphatic rings. The van der Waals surface area contributed by atoms with Gasteiger partial charge in [0.15, 0.2) is 0 Å². The molecular weight excluding hydrogens is 178 g/mol. The highest BCUT2D eigenvalue weighted by Crippen LogP contribution is 2.57. The Balaban J connectivity index is 2.01. The number of aliphatic hydroxyl groups is 1. The fraction of sp³-hybridized carbons (Fsp3) is 0.909. The van der Waals surface area contributed by atoms with Crippen LogP contribution in [0.5, 0.6) is 0 Å². The molecule has 1 amide bonds. The second-order valence-electron chi connectivity index (χ2n) is 5.19. The van der Waals surface area contributed by atoms with Gasteiger partial charge in [-0.1, -0.05) is 12.8 Å². The quantitative estimate of drug-likeness (QED) is 0.609. The molecule has 1 spiro atoms. The maximum absolute atomic E-state index is 11.9. The molecule has 0 bridgehead atoms. The number of hydrogen-bond acceptors (Lipinski definition) is 2. The van der Waals surface area contributed by atoms with E-state index in [-0.39, 0.29) is 17.2 Å². The van der Waals surface area contributed by atoms with Gasteiger partial charge in [0.2, 0.25) is 5.91 Å². The van der Waals surface area contributed by atoms with Crippen LogP contribution in [0.4, 0.5) is 0 Å². The molecule has 1 heterocycles. The van der Waals surface area contributed by atoms with Crippen molar-refractivity contribution in [1.29, 1.82) is 0 Å². The highest BCUT2D eigenvalue weighted by Gasteiger charge is 2.63. The number of carbonyl (C=O) groups is 1. The maximum Gasteiger partial charge on any atom is 0.228 e. The van der Waals surface area contributed by atoms with Crippen LogP contribution >= 0.6 is 0 Å². The normalized spacial score (nSPS) is 44.4. The van der Waals surface area contributed by atoms with Gasteiger partial charge in [-0.25, -0.2) is 0 Å². The first kappa shape index (κ1) is 8.72. The van der Waals surface area contributed by atoms with Crippen LogP contribution in [-0.4, -0.2) is 16.7 Å². The first-order chi connectivity index (χ1) is 6.67. The summed E-state index contributed by atoms with van der Waals surface area (Å²) in [6.45, 7) is 0. The molecule has 3 rings (SSSR count). The van der Waals surface area contributed by atoms with Crippen molar-refractivity contribution in [3.8, 4) is 0 Å². The number of nitrogens with one attached hydrogen (secondary N) is 1. The Morgan fingerprint density at radius 3 is 2.64 bits per heavy atom. The number of amides is 1. The molecule has 2 saturated carbocycles. The molecule has 0 aromatic heterocycles.